The van der Waals surface area contributed by atoms with Crippen molar-refractivity contribution in [1.82, 2.24) is 0 Å². The Bertz CT molecular complexity index is 247. The lowest BCUT2D eigenvalue weighted by Crippen LogP contribution is -2.27. The van der Waals surface area contributed by atoms with Crippen molar-refractivity contribution in [3.63, 3.8) is 0 Å². The molecule has 2 nitrogen and oxygen atoms in total. The Hall–Kier alpha value is 0.350. The SMILES string of the molecule is CCCCCP1[C@@H](C)[C@H]2OC(C)(C)O[C@@H]2[C@@H]1C. The molecule has 2 rings (SSSR count). The molecule has 3 heteroatoms. The summed E-state index contributed by atoms with van der Waals surface area (Å²) in [6.45, 7) is 11.1. The monoisotopic (exact) mass is 258 g/mol. The third-order valence-electron chi connectivity index (χ3n) is 4.18. The van der Waals surface area contributed by atoms with Gasteiger partial charge in [-0.1, -0.05) is 41.5 Å². The van der Waals surface area contributed by atoms with Gasteiger partial charge in [-0.3, -0.25) is 0 Å². The summed E-state index contributed by atoms with van der Waals surface area (Å²) in [5, 5.41) is 0. The zero-order valence-electron chi connectivity index (χ0n) is 11.9. The zero-order chi connectivity index (χ0) is 12.6. The van der Waals surface area contributed by atoms with Crippen LogP contribution in [0, 0.1) is 0 Å². The van der Waals surface area contributed by atoms with Gasteiger partial charge in [-0.2, -0.15) is 0 Å². The topological polar surface area (TPSA) is 18.5 Å². The molecule has 0 aliphatic carbocycles. The maximum absolute atomic E-state index is 6.09. The fourth-order valence-electron chi connectivity index (χ4n) is 3.26. The minimum absolute atomic E-state index is 0.0962. The molecule has 0 N–H and O–H groups in total. The van der Waals surface area contributed by atoms with Gasteiger partial charge < -0.3 is 9.47 Å². The lowest BCUT2D eigenvalue weighted by molar-refractivity contribution is -0.147. The number of unbranched alkanes of at least 4 members (excludes halogenated alkanes) is 2. The summed E-state index contributed by atoms with van der Waals surface area (Å²) < 4.78 is 12.2. The molecule has 17 heavy (non-hydrogen) atoms. The molecule has 2 aliphatic heterocycles. The average Bonchev–Trinajstić information content (AvgIpc) is 2.67. The lowest BCUT2D eigenvalue weighted by atomic mass is 10.1. The van der Waals surface area contributed by atoms with E-state index in [0.717, 1.165) is 0 Å². The molecule has 2 heterocycles. The highest BCUT2D eigenvalue weighted by atomic mass is 31.1. The van der Waals surface area contributed by atoms with Gasteiger partial charge in [0.05, 0.1) is 12.2 Å². The van der Waals surface area contributed by atoms with Crippen LogP contribution in [0.25, 0.3) is 0 Å². The predicted molar refractivity (Wildman–Crippen MR) is 74.1 cm³/mol. The smallest absolute Gasteiger partial charge is 0.163 e. The van der Waals surface area contributed by atoms with Crippen LogP contribution in [0.5, 0.6) is 0 Å². The highest BCUT2D eigenvalue weighted by molar-refractivity contribution is 7.59. The molecule has 2 saturated heterocycles. The summed E-state index contributed by atoms with van der Waals surface area (Å²) >= 11 is 0. The number of fused-ring (bicyclic) bond motifs is 1. The third kappa shape index (κ3) is 2.69. The summed E-state index contributed by atoms with van der Waals surface area (Å²) in [5.74, 6) is -0.358. The first-order valence-corrected chi connectivity index (χ1v) is 8.74. The van der Waals surface area contributed by atoms with E-state index in [1.54, 1.807) is 0 Å². The summed E-state index contributed by atoms with van der Waals surface area (Å²) in [6.07, 6.45) is 6.20. The molecular weight excluding hydrogens is 231 g/mol. The van der Waals surface area contributed by atoms with E-state index in [-0.39, 0.29) is 13.7 Å². The molecular formula is C14H27O2P. The number of hydrogen-bond donors (Lipinski definition) is 0. The first-order chi connectivity index (χ1) is 7.96. The Labute approximate surface area is 107 Å². The van der Waals surface area contributed by atoms with Crippen molar-refractivity contribution in [2.75, 3.05) is 6.16 Å². The van der Waals surface area contributed by atoms with Crippen LogP contribution in [-0.2, 0) is 9.47 Å². The molecule has 100 valence electrons. The highest BCUT2D eigenvalue weighted by Gasteiger charge is 2.54. The van der Waals surface area contributed by atoms with E-state index in [1.165, 1.54) is 25.4 Å². The van der Waals surface area contributed by atoms with E-state index < -0.39 is 0 Å². The van der Waals surface area contributed by atoms with Crippen LogP contribution >= 0.6 is 7.92 Å². The maximum Gasteiger partial charge on any atom is 0.163 e. The molecule has 0 amide bonds. The van der Waals surface area contributed by atoms with Crippen LogP contribution in [0.4, 0.5) is 0 Å². The minimum atomic E-state index is -0.358. The summed E-state index contributed by atoms with van der Waals surface area (Å²) in [7, 11) is 0.0962. The Morgan fingerprint density at radius 2 is 1.53 bits per heavy atom. The molecule has 2 aliphatic rings. The molecule has 0 aromatic rings. The van der Waals surface area contributed by atoms with Crippen LogP contribution in [-0.4, -0.2) is 35.5 Å². The Morgan fingerprint density at radius 3 is 2.00 bits per heavy atom. The fraction of sp³-hybridized carbons (Fsp3) is 1.00. The first-order valence-electron chi connectivity index (χ1n) is 7.07. The second kappa shape index (κ2) is 5.15. The van der Waals surface area contributed by atoms with Crippen molar-refractivity contribution < 1.29 is 9.47 Å². The van der Waals surface area contributed by atoms with Gasteiger partial charge >= 0.3 is 0 Å². The average molecular weight is 258 g/mol. The van der Waals surface area contributed by atoms with Crippen molar-refractivity contribution >= 4 is 7.92 Å². The molecule has 0 spiro atoms. The summed E-state index contributed by atoms with van der Waals surface area (Å²) in [6, 6.07) is 0. The van der Waals surface area contributed by atoms with Crippen molar-refractivity contribution in [2.45, 2.75) is 83.2 Å². The molecule has 0 unspecified atom stereocenters. The van der Waals surface area contributed by atoms with Crippen molar-refractivity contribution in [1.29, 1.82) is 0 Å². The molecule has 0 radical (unpaired) electrons. The van der Waals surface area contributed by atoms with E-state index in [1.807, 2.05) is 13.8 Å². The summed E-state index contributed by atoms with van der Waals surface area (Å²) in [5.41, 5.74) is 1.42. The van der Waals surface area contributed by atoms with Crippen LogP contribution < -0.4 is 0 Å². The number of rotatable bonds is 4. The molecule has 0 aromatic carbocycles. The van der Waals surface area contributed by atoms with E-state index in [9.17, 15) is 0 Å². The van der Waals surface area contributed by atoms with Gasteiger partial charge in [0.1, 0.15) is 0 Å². The summed E-state index contributed by atoms with van der Waals surface area (Å²) in [4.78, 5) is 0. The van der Waals surface area contributed by atoms with Gasteiger partial charge in [0.2, 0.25) is 0 Å². The molecule has 4 atom stereocenters. The fourth-order valence-corrected chi connectivity index (χ4v) is 6.62. The number of hydrogen-bond acceptors (Lipinski definition) is 2. The quantitative estimate of drug-likeness (QED) is 0.561. The van der Waals surface area contributed by atoms with Gasteiger partial charge in [-0.05, 0) is 26.4 Å². The predicted octanol–water partition coefficient (Wildman–Crippen LogP) is 3.97. The first kappa shape index (κ1) is 13.8. The zero-order valence-corrected chi connectivity index (χ0v) is 12.8. The van der Waals surface area contributed by atoms with Crippen LogP contribution in [0.2, 0.25) is 0 Å². The standard InChI is InChI=1S/C14H27O2P/c1-6-7-8-9-17-10(2)12-13(11(17)3)16-14(4,5)15-12/h10-13H,6-9H2,1-5H3/t10-,11-,12+,13+/m0/s1. The van der Waals surface area contributed by atoms with Gasteiger partial charge in [0, 0.05) is 11.3 Å². The largest absolute Gasteiger partial charge is 0.344 e. The molecule has 0 aromatic heterocycles. The maximum atomic E-state index is 6.09. The molecule has 2 fully saturated rings. The van der Waals surface area contributed by atoms with E-state index in [4.69, 9.17) is 9.47 Å². The van der Waals surface area contributed by atoms with Crippen LogP contribution in [0.1, 0.15) is 53.9 Å². The van der Waals surface area contributed by atoms with Crippen molar-refractivity contribution in [3.8, 4) is 0 Å². The van der Waals surface area contributed by atoms with E-state index in [2.05, 4.69) is 20.8 Å². The second-order valence-corrected chi connectivity index (χ2v) is 9.10. The van der Waals surface area contributed by atoms with Crippen molar-refractivity contribution in [3.05, 3.63) is 0 Å². The normalized spacial score (nSPS) is 43.9. The van der Waals surface area contributed by atoms with E-state index >= 15 is 0 Å². The van der Waals surface area contributed by atoms with Gasteiger partial charge in [-0.25, -0.2) is 0 Å². The molecule has 0 saturated carbocycles. The second-order valence-electron chi connectivity index (χ2n) is 5.99. The van der Waals surface area contributed by atoms with E-state index in [0.29, 0.717) is 23.5 Å². The molecule has 0 bridgehead atoms. The Balaban J connectivity index is 1.96. The highest BCUT2D eigenvalue weighted by Crippen LogP contribution is 2.60. The number of ether oxygens (including phenoxy) is 2. The minimum Gasteiger partial charge on any atom is -0.344 e. The third-order valence-corrected chi connectivity index (χ3v) is 7.69. The van der Waals surface area contributed by atoms with Gasteiger partial charge in [0.25, 0.3) is 0 Å². The Morgan fingerprint density at radius 1 is 1.00 bits per heavy atom. The Kier molecular flexibility index (Phi) is 4.17. The lowest BCUT2D eigenvalue weighted by Gasteiger charge is -2.27. The van der Waals surface area contributed by atoms with Crippen molar-refractivity contribution in [2.24, 2.45) is 0 Å². The van der Waals surface area contributed by atoms with Gasteiger partial charge in [-0.15, -0.1) is 0 Å². The van der Waals surface area contributed by atoms with Crippen LogP contribution in [0.3, 0.4) is 0 Å². The van der Waals surface area contributed by atoms with Crippen LogP contribution in [0.15, 0.2) is 0 Å². The van der Waals surface area contributed by atoms with Gasteiger partial charge in [0.15, 0.2) is 5.79 Å².